The zero-order chi connectivity index (χ0) is 12.6. The molecule has 1 N–H and O–H groups in total. The number of carbonyl (C=O) groups is 1. The highest BCUT2D eigenvalue weighted by atomic mass is 16.4. The normalized spacial score (nSPS) is 26.1. The Kier molecular flexibility index (Phi) is 3.48. The molecule has 0 amide bonds. The third kappa shape index (κ3) is 2.85. The number of likely N-dealkylation sites (tertiary alicyclic amines) is 1. The van der Waals surface area contributed by atoms with E-state index in [1.54, 1.807) is 0 Å². The van der Waals surface area contributed by atoms with Crippen LogP contribution in [0.2, 0.25) is 0 Å². The first-order valence-corrected chi connectivity index (χ1v) is 5.80. The van der Waals surface area contributed by atoms with E-state index in [9.17, 15) is 4.79 Å². The number of allylic oxidation sites excluding steroid dienone is 1. The third-order valence-corrected chi connectivity index (χ3v) is 3.85. The molecule has 0 spiro atoms. The molecule has 0 aromatic heterocycles. The molecule has 1 aliphatic heterocycles. The minimum atomic E-state index is -0.852. The Morgan fingerprint density at radius 1 is 1.25 bits per heavy atom. The molecule has 1 heterocycles. The quantitative estimate of drug-likeness (QED) is 0.734. The summed E-state index contributed by atoms with van der Waals surface area (Å²) in [5, 5.41) is 8.66. The van der Waals surface area contributed by atoms with Gasteiger partial charge in [-0.3, -0.25) is 4.90 Å². The second kappa shape index (κ2) is 4.21. The SMILES string of the molecule is CN1C(C)(C)CC(/C=C/C(=O)O)CC1(C)C. The Morgan fingerprint density at radius 3 is 2.06 bits per heavy atom. The lowest BCUT2D eigenvalue weighted by atomic mass is 9.74. The van der Waals surface area contributed by atoms with Crippen LogP contribution in [0.3, 0.4) is 0 Å². The van der Waals surface area contributed by atoms with Gasteiger partial charge in [0.2, 0.25) is 0 Å². The number of carboxylic acids is 1. The average Bonchev–Trinajstić information content (AvgIpc) is 2.10. The summed E-state index contributed by atoms with van der Waals surface area (Å²) in [5.74, 6) is -0.494. The van der Waals surface area contributed by atoms with E-state index >= 15 is 0 Å². The molecule has 0 aromatic rings. The summed E-state index contributed by atoms with van der Waals surface area (Å²) in [5.41, 5.74) is 0.241. The van der Waals surface area contributed by atoms with Crippen LogP contribution in [-0.2, 0) is 4.79 Å². The van der Waals surface area contributed by atoms with E-state index in [-0.39, 0.29) is 11.1 Å². The Balaban J connectivity index is 2.83. The van der Waals surface area contributed by atoms with Gasteiger partial charge in [-0.05, 0) is 53.5 Å². The molecule has 1 saturated heterocycles. The number of rotatable bonds is 2. The molecule has 1 rings (SSSR count). The molecule has 16 heavy (non-hydrogen) atoms. The molecule has 3 nitrogen and oxygen atoms in total. The van der Waals surface area contributed by atoms with Crippen molar-refractivity contribution in [3.8, 4) is 0 Å². The van der Waals surface area contributed by atoms with Gasteiger partial charge in [-0.25, -0.2) is 4.79 Å². The van der Waals surface area contributed by atoms with Gasteiger partial charge in [0.25, 0.3) is 0 Å². The highest BCUT2D eigenvalue weighted by molar-refractivity contribution is 5.79. The summed E-state index contributed by atoms with van der Waals surface area (Å²) in [6, 6.07) is 0. The summed E-state index contributed by atoms with van der Waals surface area (Å²) in [6.07, 6.45) is 5.15. The van der Waals surface area contributed by atoms with E-state index in [1.807, 2.05) is 6.08 Å². The molecule has 0 unspecified atom stereocenters. The van der Waals surface area contributed by atoms with Gasteiger partial charge in [-0.15, -0.1) is 0 Å². The van der Waals surface area contributed by atoms with Gasteiger partial charge in [-0.2, -0.15) is 0 Å². The van der Waals surface area contributed by atoms with Crippen LogP contribution in [0.4, 0.5) is 0 Å². The molecule has 0 atom stereocenters. The van der Waals surface area contributed by atoms with Crippen molar-refractivity contribution in [3.63, 3.8) is 0 Å². The molecule has 92 valence electrons. The minimum absolute atomic E-state index is 0.120. The van der Waals surface area contributed by atoms with Crippen LogP contribution in [0.15, 0.2) is 12.2 Å². The Bertz CT molecular complexity index is 287. The lowest BCUT2D eigenvalue weighted by Crippen LogP contribution is -2.58. The number of piperidine rings is 1. The molecule has 0 aromatic carbocycles. The van der Waals surface area contributed by atoms with Gasteiger partial charge in [0.15, 0.2) is 0 Å². The summed E-state index contributed by atoms with van der Waals surface area (Å²) in [7, 11) is 2.15. The standard InChI is InChI=1S/C13H23NO2/c1-12(2)8-10(6-7-11(15)16)9-13(3,4)14(12)5/h6-7,10H,8-9H2,1-5H3,(H,15,16)/b7-6+. The highest BCUT2D eigenvalue weighted by Crippen LogP contribution is 2.40. The van der Waals surface area contributed by atoms with Crippen LogP contribution in [0.25, 0.3) is 0 Å². The number of carboxylic acid groups (broad SMARTS) is 1. The first kappa shape index (κ1) is 13.2. The predicted octanol–water partition coefficient (Wildman–Crippen LogP) is 2.53. The zero-order valence-corrected chi connectivity index (χ0v) is 10.9. The van der Waals surface area contributed by atoms with Crippen LogP contribution < -0.4 is 0 Å². The Labute approximate surface area is 98.1 Å². The second-order valence-electron chi connectivity index (χ2n) is 6.05. The summed E-state index contributed by atoms with van der Waals surface area (Å²) >= 11 is 0. The topological polar surface area (TPSA) is 40.5 Å². The molecule has 0 bridgehead atoms. The zero-order valence-electron chi connectivity index (χ0n) is 10.9. The van der Waals surface area contributed by atoms with Crippen molar-refractivity contribution < 1.29 is 9.90 Å². The first-order valence-electron chi connectivity index (χ1n) is 5.80. The molecule has 1 aliphatic rings. The van der Waals surface area contributed by atoms with Gasteiger partial charge in [0.1, 0.15) is 0 Å². The fraction of sp³-hybridized carbons (Fsp3) is 0.769. The number of hydrogen-bond acceptors (Lipinski definition) is 2. The minimum Gasteiger partial charge on any atom is -0.478 e. The molecular weight excluding hydrogens is 202 g/mol. The maximum atomic E-state index is 10.5. The van der Waals surface area contributed by atoms with Crippen LogP contribution in [0.5, 0.6) is 0 Å². The largest absolute Gasteiger partial charge is 0.478 e. The molecule has 0 radical (unpaired) electrons. The van der Waals surface area contributed by atoms with E-state index in [0.29, 0.717) is 5.92 Å². The van der Waals surface area contributed by atoms with Crippen molar-refractivity contribution in [2.24, 2.45) is 5.92 Å². The van der Waals surface area contributed by atoms with Crippen molar-refractivity contribution in [1.82, 2.24) is 4.90 Å². The van der Waals surface area contributed by atoms with Gasteiger partial charge in [0, 0.05) is 17.2 Å². The van der Waals surface area contributed by atoms with E-state index in [1.165, 1.54) is 6.08 Å². The molecule has 3 heteroatoms. The Hall–Kier alpha value is -0.830. The van der Waals surface area contributed by atoms with Gasteiger partial charge in [-0.1, -0.05) is 6.08 Å². The van der Waals surface area contributed by atoms with Crippen LogP contribution in [-0.4, -0.2) is 34.1 Å². The summed E-state index contributed by atoms with van der Waals surface area (Å²) < 4.78 is 0. The van der Waals surface area contributed by atoms with Crippen molar-refractivity contribution in [2.75, 3.05) is 7.05 Å². The molecule has 0 aliphatic carbocycles. The van der Waals surface area contributed by atoms with Crippen molar-refractivity contribution >= 4 is 5.97 Å². The Morgan fingerprint density at radius 2 is 1.69 bits per heavy atom. The van der Waals surface area contributed by atoms with Gasteiger partial charge < -0.3 is 5.11 Å². The van der Waals surface area contributed by atoms with E-state index < -0.39 is 5.97 Å². The van der Waals surface area contributed by atoms with Crippen molar-refractivity contribution in [1.29, 1.82) is 0 Å². The number of hydrogen-bond donors (Lipinski definition) is 1. The van der Waals surface area contributed by atoms with Gasteiger partial charge in [0.05, 0.1) is 0 Å². The number of nitrogens with zero attached hydrogens (tertiary/aromatic N) is 1. The van der Waals surface area contributed by atoms with Gasteiger partial charge >= 0.3 is 5.97 Å². The lowest BCUT2D eigenvalue weighted by molar-refractivity contribution is -0.131. The monoisotopic (exact) mass is 225 g/mol. The lowest BCUT2D eigenvalue weighted by Gasteiger charge is -2.53. The van der Waals surface area contributed by atoms with E-state index in [2.05, 4.69) is 39.6 Å². The van der Waals surface area contributed by atoms with Crippen LogP contribution >= 0.6 is 0 Å². The summed E-state index contributed by atoms with van der Waals surface area (Å²) in [4.78, 5) is 12.9. The predicted molar refractivity (Wildman–Crippen MR) is 65.4 cm³/mol. The highest BCUT2D eigenvalue weighted by Gasteiger charge is 2.42. The van der Waals surface area contributed by atoms with E-state index in [4.69, 9.17) is 5.11 Å². The maximum Gasteiger partial charge on any atom is 0.327 e. The fourth-order valence-electron chi connectivity index (χ4n) is 2.80. The average molecular weight is 225 g/mol. The summed E-state index contributed by atoms with van der Waals surface area (Å²) in [6.45, 7) is 8.87. The molecular formula is C13H23NO2. The molecule has 1 fully saturated rings. The smallest absolute Gasteiger partial charge is 0.327 e. The fourth-order valence-corrected chi connectivity index (χ4v) is 2.80. The van der Waals surface area contributed by atoms with Crippen LogP contribution in [0.1, 0.15) is 40.5 Å². The van der Waals surface area contributed by atoms with Crippen LogP contribution in [0, 0.1) is 5.92 Å². The van der Waals surface area contributed by atoms with E-state index in [0.717, 1.165) is 12.8 Å². The molecule has 0 saturated carbocycles. The third-order valence-electron chi connectivity index (χ3n) is 3.85. The second-order valence-corrected chi connectivity index (χ2v) is 6.05. The van der Waals surface area contributed by atoms with Crippen molar-refractivity contribution in [3.05, 3.63) is 12.2 Å². The van der Waals surface area contributed by atoms with Crippen molar-refractivity contribution in [2.45, 2.75) is 51.6 Å². The number of aliphatic carboxylic acids is 1. The maximum absolute atomic E-state index is 10.5. The first-order chi connectivity index (χ1) is 7.15.